The Morgan fingerprint density at radius 2 is 1.63 bits per heavy atom. The Bertz CT molecular complexity index is 1240. The predicted molar refractivity (Wildman–Crippen MR) is 124 cm³/mol. The molecule has 0 bridgehead atoms. The summed E-state index contributed by atoms with van der Waals surface area (Å²) in [4.78, 5) is 13.0. The first-order valence-corrected chi connectivity index (χ1v) is 11.1. The lowest BCUT2D eigenvalue weighted by Crippen LogP contribution is -2.25. The molecule has 0 saturated carbocycles. The summed E-state index contributed by atoms with van der Waals surface area (Å²) < 4.78 is 86.7. The minimum atomic E-state index is -5.03. The number of alkyl halides is 6. The molecular weight excluding hydrogens is 542 g/mol. The smallest absolute Gasteiger partial charge is 0.416 e. The maximum atomic E-state index is 13.2. The van der Waals surface area contributed by atoms with Gasteiger partial charge in [-0.15, -0.1) is 0 Å². The lowest BCUT2D eigenvalue weighted by molar-refractivity contribution is -0.143. The Balaban J connectivity index is 2.03. The van der Waals surface area contributed by atoms with Crippen LogP contribution in [0.5, 0.6) is 0 Å². The summed E-state index contributed by atoms with van der Waals surface area (Å²) >= 11 is 3.38. The van der Waals surface area contributed by atoms with Gasteiger partial charge in [-0.3, -0.25) is 4.57 Å². The van der Waals surface area contributed by atoms with Gasteiger partial charge in [0.2, 0.25) is 0 Å². The van der Waals surface area contributed by atoms with Crippen molar-refractivity contribution in [3.8, 4) is 0 Å². The first-order chi connectivity index (χ1) is 16.1. The van der Waals surface area contributed by atoms with Gasteiger partial charge in [-0.2, -0.15) is 26.3 Å². The van der Waals surface area contributed by atoms with E-state index in [-0.39, 0.29) is 6.07 Å². The summed E-state index contributed by atoms with van der Waals surface area (Å²) in [6.45, 7) is 5.48. The quantitative estimate of drug-likeness (QED) is 0.250. The molecule has 11 heteroatoms. The summed E-state index contributed by atoms with van der Waals surface area (Å²) in [7, 11) is 0. The first kappa shape index (κ1) is 26.7. The maximum absolute atomic E-state index is 13.2. The van der Waals surface area contributed by atoms with E-state index in [0.717, 1.165) is 9.04 Å². The van der Waals surface area contributed by atoms with Gasteiger partial charge in [0.15, 0.2) is 0 Å². The fourth-order valence-corrected chi connectivity index (χ4v) is 3.90. The summed E-state index contributed by atoms with van der Waals surface area (Å²) in [6, 6.07) is 5.08. The van der Waals surface area contributed by atoms with Crippen LogP contribution in [0.1, 0.15) is 37.5 Å². The molecule has 1 heterocycles. The van der Waals surface area contributed by atoms with Crippen LogP contribution < -0.4 is 5.32 Å². The van der Waals surface area contributed by atoms with E-state index >= 15 is 0 Å². The number of carbonyl (C=O) groups is 1. The highest BCUT2D eigenvalue weighted by atomic mass is 79.9. The molecule has 1 aromatic heterocycles. The Morgan fingerprint density at radius 1 is 1.03 bits per heavy atom. The minimum Gasteiger partial charge on any atom is -0.495 e. The van der Waals surface area contributed by atoms with E-state index in [1.807, 2.05) is 13.8 Å². The van der Waals surface area contributed by atoms with Gasteiger partial charge in [-0.25, -0.2) is 4.79 Å². The predicted octanol–water partition coefficient (Wildman–Crippen LogP) is 8.39. The third kappa shape index (κ3) is 6.39. The number of rotatable bonds is 5. The van der Waals surface area contributed by atoms with Crippen molar-refractivity contribution in [2.75, 3.05) is 5.32 Å². The van der Waals surface area contributed by atoms with Crippen LogP contribution in [0.25, 0.3) is 10.9 Å². The molecule has 1 amide bonds. The molecule has 2 aromatic carbocycles. The molecule has 0 aliphatic rings. The van der Waals surface area contributed by atoms with Gasteiger partial charge in [0.25, 0.3) is 0 Å². The molecule has 3 rings (SSSR count). The molecule has 0 unspecified atom stereocenters. The van der Waals surface area contributed by atoms with E-state index in [0.29, 0.717) is 35.0 Å². The van der Waals surface area contributed by atoms with Crippen molar-refractivity contribution in [3.63, 3.8) is 0 Å². The van der Waals surface area contributed by atoms with Crippen LogP contribution in [0.2, 0.25) is 0 Å². The van der Waals surface area contributed by atoms with Crippen molar-refractivity contribution in [1.29, 1.82) is 0 Å². The van der Waals surface area contributed by atoms with E-state index in [1.165, 1.54) is 12.5 Å². The van der Waals surface area contributed by atoms with Crippen molar-refractivity contribution in [3.05, 3.63) is 76.1 Å². The second-order valence-corrected chi connectivity index (χ2v) is 9.35. The molecule has 0 fully saturated rings. The molecule has 0 aliphatic carbocycles. The highest BCUT2D eigenvalue weighted by Gasteiger charge is 2.37. The number of aromatic nitrogens is 1. The van der Waals surface area contributed by atoms with Crippen LogP contribution >= 0.6 is 15.9 Å². The molecule has 0 atom stereocenters. The van der Waals surface area contributed by atoms with E-state index in [2.05, 4.69) is 21.2 Å². The molecule has 0 radical (unpaired) electrons. The number of fused-ring (bicyclic) bond motifs is 1. The lowest BCUT2D eigenvalue weighted by atomic mass is 9.98. The molecule has 0 aliphatic heterocycles. The Kier molecular flexibility index (Phi) is 7.31. The number of hydrogen-bond donors (Lipinski definition) is 1. The fourth-order valence-electron chi connectivity index (χ4n) is 3.54. The number of hydrogen-bond acceptors (Lipinski definition) is 2. The molecular formula is C24H21BrF6N2O2. The largest absolute Gasteiger partial charge is 0.495 e. The van der Waals surface area contributed by atoms with Crippen LogP contribution in [0.15, 0.2) is 59.4 Å². The zero-order chi connectivity index (χ0) is 26.2. The van der Waals surface area contributed by atoms with Gasteiger partial charge >= 0.3 is 18.4 Å². The van der Waals surface area contributed by atoms with Crippen molar-refractivity contribution < 1.29 is 35.9 Å². The van der Waals surface area contributed by atoms with Crippen molar-refractivity contribution in [2.24, 2.45) is 0 Å². The number of nitrogens with one attached hydrogen (secondary N) is 1. The molecule has 0 saturated heterocycles. The fraction of sp³-hybridized carbons (Fsp3) is 0.292. The zero-order valence-electron chi connectivity index (χ0n) is 18.8. The van der Waals surface area contributed by atoms with Gasteiger partial charge in [0, 0.05) is 28.2 Å². The Labute approximate surface area is 205 Å². The summed E-state index contributed by atoms with van der Waals surface area (Å²) in [5, 5.41) is 2.84. The van der Waals surface area contributed by atoms with E-state index < -0.39 is 40.8 Å². The highest BCUT2D eigenvalue weighted by molar-refractivity contribution is 9.10. The number of carbonyl (C=O) groups excluding carboxylic acids is 1. The van der Waals surface area contributed by atoms with Gasteiger partial charge in [0.05, 0.1) is 22.9 Å². The third-order valence-electron chi connectivity index (χ3n) is 5.05. The second kappa shape index (κ2) is 9.60. The average Bonchev–Trinajstić information content (AvgIpc) is 3.08. The monoisotopic (exact) mass is 562 g/mol. The Morgan fingerprint density at radius 3 is 2.17 bits per heavy atom. The lowest BCUT2D eigenvalue weighted by Gasteiger charge is -2.24. The van der Waals surface area contributed by atoms with Gasteiger partial charge in [-0.1, -0.05) is 22.0 Å². The van der Waals surface area contributed by atoms with Crippen LogP contribution in [0.4, 0.5) is 36.8 Å². The number of allylic oxidation sites excluding steroid dienone is 1. The van der Waals surface area contributed by atoms with Gasteiger partial charge < -0.3 is 10.1 Å². The maximum Gasteiger partial charge on any atom is 0.416 e. The van der Waals surface area contributed by atoms with Crippen LogP contribution in [-0.2, 0) is 23.5 Å². The van der Waals surface area contributed by atoms with Crippen molar-refractivity contribution >= 4 is 38.6 Å². The molecule has 35 heavy (non-hydrogen) atoms. The Hall–Kier alpha value is -2.95. The van der Waals surface area contributed by atoms with E-state index in [1.54, 1.807) is 31.2 Å². The van der Waals surface area contributed by atoms with Gasteiger partial charge in [-0.05, 0) is 62.7 Å². The molecule has 4 nitrogen and oxygen atoms in total. The summed E-state index contributed by atoms with van der Waals surface area (Å²) in [5.41, 5.74) is -3.21. The SMILES string of the molecule is CC=COC(C)(C)Cc1cn(C(=O)Nc2cc(C(F)(F)F)cc(C(F)(F)F)c2)c2ccc(Br)cc12. The summed E-state index contributed by atoms with van der Waals surface area (Å²) in [5.74, 6) is 0. The average molecular weight is 563 g/mol. The van der Waals surface area contributed by atoms with Crippen LogP contribution in [0, 0.1) is 0 Å². The topological polar surface area (TPSA) is 43.3 Å². The zero-order valence-corrected chi connectivity index (χ0v) is 20.4. The number of halogens is 7. The number of ether oxygens (including phenoxy) is 1. The molecule has 0 spiro atoms. The standard InChI is InChI=1S/C24H21BrF6N2O2/c1-4-7-35-22(2,3)12-14-13-33(20-6-5-17(25)11-19(14)20)21(34)32-18-9-15(23(26,27)28)8-16(10-18)24(29,30)31/h4-11,13H,12H2,1-3H3,(H,32,34). The molecule has 3 aromatic rings. The summed E-state index contributed by atoms with van der Waals surface area (Å²) in [6.07, 6.45) is -4.94. The van der Waals surface area contributed by atoms with E-state index in [4.69, 9.17) is 4.74 Å². The van der Waals surface area contributed by atoms with Crippen molar-refractivity contribution in [2.45, 2.75) is 45.1 Å². The molecule has 1 N–H and O–H groups in total. The van der Waals surface area contributed by atoms with Crippen molar-refractivity contribution in [1.82, 2.24) is 4.57 Å². The number of anilines is 1. The molecule has 188 valence electrons. The highest BCUT2D eigenvalue weighted by Crippen LogP contribution is 2.38. The first-order valence-electron chi connectivity index (χ1n) is 10.3. The van der Waals surface area contributed by atoms with E-state index in [9.17, 15) is 31.1 Å². The number of benzene rings is 2. The second-order valence-electron chi connectivity index (χ2n) is 8.43. The normalized spacial score (nSPS) is 13.0. The number of amides is 1. The van der Waals surface area contributed by atoms with Gasteiger partial charge in [0.1, 0.15) is 5.60 Å². The third-order valence-corrected chi connectivity index (χ3v) is 5.54. The number of nitrogens with zero attached hydrogens (tertiary/aromatic N) is 1. The minimum absolute atomic E-state index is 0.00315. The van der Waals surface area contributed by atoms with Crippen LogP contribution in [0.3, 0.4) is 0 Å². The van der Waals surface area contributed by atoms with Crippen LogP contribution in [-0.4, -0.2) is 16.2 Å².